The number of anilines is 2. The van der Waals surface area contributed by atoms with E-state index in [1.54, 1.807) is 6.08 Å². The predicted octanol–water partition coefficient (Wildman–Crippen LogP) is 5.40. The second kappa shape index (κ2) is 10.6. The first-order valence-electron chi connectivity index (χ1n) is 11.2. The molecular formula is C25H25F3N4O3. The van der Waals surface area contributed by atoms with Crippen LogP contribution >= 0.6 is 0 Å². The number of carbonyl (C=O) groups excluding carboxylic acids is 1. The zero-order chi connectivity index (χ0) is 24.8. The predicted molar refractivity (Wildman–Crippen MR) is 127 cm³/mol. The normalized spacial score (nSPS) is 14.4. The van der Waals surface area contributed by atoms with Crippen molar-refractivity contribution in [3.63, 3.8) is 0 Å². The van der Waals surface area contributed by atoms with Crippen molar-refractivity contribution in [3.8, 4) is 11.5 Å². The second-order valence-corrected chi connectivity index (χ2v) is 8.22. The summed E-state index contributed by atoms with van der Waals surface area (Å²) >= 11 is 0. The van der Waals surface area contributed by atoms with Crippen LogP contribution in [-0.2, 0) is 4.79 Å². The van der Waals surface area contributed by atoms with E-state index in [1.165, 1.54) is 31.6 Å². The molecule has 1 aliphatic rings. The van der Waals surface area contributed by atoms with Crippen molar-refractivity contribution in [2.24, 2.45) is 0 Å². The second-order valence-electron chi connectivity index (χ2n) is 8.22. The number of rotatable bonds is 8. The van der Waals surface area contributed by atoms with Gasteiger partial charge in [-0.3, -0.25) is 4.79 Å². The number of hydrogen-bond acceptors (Lipinski definition) is 6. The molecule has 10 heteroatoms. The van der Waals surface area contributed by atoms with Crippen LogP contribution in [0, 0.1) is 0 Å². The van der Waals surface area contributed by atoms with Gasteiger partial charge in [-0.1, -0.05) is 25.0 Å². The van der Waals surface area contributed by atoms with Crippen LogP contribution in [0.25, 0.3) is 17.0 Å². The van der Waals surface area contributed by atoms with Crippen molar-refractivity contribution in [2.45, 2.75) is 37.9 Å². The minimum absolute atomic E-state index is 0.0601. The molecule has 0 bridgehead atoms. The van der Waals surface area contributed by atoms with Crippen LogP contribution in [0.2, 0.25) is 0 Å². The first-order chi connectivity index (χ1) is 16.8. The molecule has 1 fully saturated rings. The summed E-state index contributed by atoms with van der Waals surface area (Å²) in [7, 11) is 1.35. The third-order valence-electron chi connectivity index (χ3n) is 5.61. The summed E-state index contributed by atoms with van der Waals surface area (Å²) in [5, 5.41) is 6.75. The van der Waals surface area contributed by atoms with Crippen molar-refractivity contribution in [2.75, 3.05) is 19.0 Å². The molecule has 1 amide bonds. The Morgan fingerprint density at radius 1 is 1.11 bits per heavy atom. The van der Waals surface area contributed by atoms with E-state index >= 15 is 0 Å². The highest BCUT2D eigenvalue weighted by Gasteiger charge is 2.29. The number of carbonyl (C=O) groups is 1. The summed E-state index contributed by atoms with van der Waals surface area (Å²) in [4.78, 5) is 20.5. The monoisotopic (exact) mass is 486 g/mol. The van der Waals surface area contributed by atoms with Gasteiger partial charge in [-0.25, -0.2) is 9.97 Å². The van der Waals surface area contributed by atoms with E-state index in [-0.39, 0.29) is 23.4 Å². The molecule has 1 saturated carbocycles. The van der Waals surface area contributed by atoms with E-state index < -0.39 is 12.8 Å². The summed E-state index contributed by atoms with van der Waals surface area (Å²) in [5.74, 6) is 0.431. The van der Waals surface area contributed by atoms with E-state index in [9.17, 15) is 18.0 Å². The largest absolute Gasteiger partial charge is 0.493 e. The number of benzene rings is 2. The Kier molecular flexibility index (Phi) is 7.38. The number of amides is 1. The minimum Gasteiger partial charge on any atom is -0.493 e. The Hall–Kier alpha value is -3.82. The summed E-state index contributed by atoms with van der Waals surface area (Å²) in [6.45, 7) is -1.44. The van der Waals surface area contributed by atoms with E-state index in [2.05, 4.69) is 20.6 Å². The Morgan fingerprint density at radius 2 is 1.86 bits per heavy atom. The Bertz CT molecular complexity index is 1210. The van der Waals surface area contributed by atoms with Crippen LogP contribution in [0.4, 0.5) is 24.7 Å². The number of halogens is 3. The summed E-state index contributed by atoms with van der Waals surface area (Å²) in [5.41, 5.74) is 1.99. The maximum Gasteiger partial charge on any atom is 0.422 e. The van der Waals surface area contributed by atoms with Crippen molar-refractivity contribution in [3.05, 3.63) is 54.4 Å². The average Bonchev–Trinajstić information content (AvgIpc) is 3.34. The molecule has 184 valence electrons. The fraction of sp³-hybridized carbons (Fsp3) is 0.320. The fourth-order valence-corrected chi connectivity index (χ4v) is 3.90. The van der Waals surface area contributed by atoms with Crippen molar-refractivity contribution < 1.29 is 27.4 Å². The molecule has 0 radical (unpaired) electrons. The van der Waals surface area contributed by atoms with Gasteiger partial charge >= 0.3 is 6.18 Å². The lowest BCUT2D eigenvalue weighted by atomic mass is 10.1. The standard InChI is InChI=1S/C25H25F3N4O3/c1-34-21-12-19-20(13-22(21)35-14-25(26,27)28)29-15-30-24(19)32-18-9-6-16(7-10-18)8-11-23(33)31-17-4-2-3-5-17/h6-13,15,17H,2-5,14H2,1H3,(H,31,33)(H,29,30,32)/b11-8+. The molecule has 0 atom stereocenters. The number of nitrogens with one attached hydrogen (secondary N) is 2. The minimum atomic E-state index is -4.47. The molecule has 1 aliphatic carbocycles. The van der Waals surface area contributed by atoms with Gasteiger partial charge in [0.1, 0.15) is 12.1 Å². The molecule has 4 rings (SSSR count). The van der Waals surface area contributed by atoms with E-state index in [0.29, 0.717) is 16.7 Å². The maximum atomic E-state index is 12.6. The molecule has 1 heterocycles. The molecule has 0 spiro atoms. The van der Waals surface area contributed by atoms with Crippen LogP contribution < -0.4 is 20.1 Å². The van der Waals surface area contributed by atoms with Gasteiger partial charge in [0.25, 0.3) is 0 Å². The topological polar surface area (TPSA) is 85.4 Å². The highest BCUT2D eigenvalue weighted by atomic mass is 19.4. The molecular weight excluding hydrogens is 461 g/mol. The van der Waals surface area contributed by atoms with Gasteiger partial charge in [-0.05, 0) is 42.7 Å². The molecule has 2 aromatic carbocycles. The third kappa shape index (κ3) is 6.62. The number of ether oxygens (including phenoxy) is 2. The smallest absolute Gasteiger partial charge is 0.422 e. The average molecular weight is 486 g/mol. The molecule has 1 aromatic heterocycles. The van der Waals surface area contributed by atoms with Gasteiger partial charge in [0.15, 0.2) is 18.1 Å². The zero-order valence-electron chi connectivity index (χ0n) is 19.1. The van der Waals surface area contributed by atoms with E-state index in [4.69, 9.17) is 9.47 Å². The van der Waals surface area contributed by atoms with E-state index in [0.717, 1.165) is 36.9 Å². The van der Waals surface area contributed by atoms with Gasteiger partial charge in [-0.15, -0.1) is 0 Å². The highest BCUT2D eigenvalue weighted by molar-refractivity contribution is 5.93. The zero-order valence-corrected chi connectivity index (χ0v) is 19.1. The quantitative estimate of drug-likeness (QED) is 0.415. The third-order valence-corrected chi connectivity index (χ3v) is 5.61. The fourth-order valence-electron chi connectivity index (χ4n) is 3.90. The molecule has 35 heavy (non-hydrogen) atoms. The number of methoxy groups -OCH3 is 1. The molecule has 0 aliphatic heterocycles. The molecule has 0 unspecified atom stereocenters. The maximum absolute atomic E-state index is 12.6. The number of nitrogens with zero attached hydrogens (tertiary/aromatic N) is 2. The lowest BCUT2D eigenvalue weighted by Crippen LogP contribution is -2.30. The first kappa shape index (κ1) is 24.3. The number of alkyl halides is 3. The molecule has 0 saturated heterocycles. The number of aromatic nitrogens is 2. The summed E-state index contributed by atoms with van der Waals surface area (Å²) in [6, 6.07) is 10.6. The summed E-state index contributed by atoms with van der Waals surface area (Å²) in [6.07, 6.45) is 4.50. The van der Waals surface area contributed by atoms with Gasteiger partial charge in [-0.2, -0.15) is 13.2 Å². The van der Waals surface area contributed by atoms with Crippen molar-refractivity contribution >= 4 is 34.4 Å². The molecule has 3 aromatic rings. The van der Waals surface area contributed by atoms with E-state index in [1.807, 2.05) is 24.3 Å². The van der Waals surface area contributed by atoms with Crippen LogP contribution in [-0.4, -0.2) is 41.8 Å². The van der Waals surface area contributed by atoms with Crippen LogP contribution in [0.15, 0.2) is 48.8 Å². The highest BCUT2D eigenvalue weighted by Crippen LogP contribution is 2.35. The Labute approximate surface area is 200 Å². The van der Waals surface area contributed by atoms with Crippen molar-refractivity contribution in [1.82, 2.24) is 15.3 Å². The molecule has 2 N–H and O–H groups in total. The Balaban J connectivity index is 1.46. The Morgan fingerprint density at radius 3 is 2.54 bits per heavy atom. The summed E-state index contributed by atoms with van der Waals surface area (Å²) < 4.78 is 47.8. The lowest BCUT2D eigenvalue weighted by molar-refractivity contribution is -0.153. The molecule has 7 nitrogen and oxygen atoms in total. The van der Waals surface area contributed by atoms with Gasteiger partial charge in [0.2, 0.25) is 5.91 Å². The van der Waals surface area contributed by atoms with Crippen LogP contribution in [0.3, 0.4) is 0 Å². The SMILES string of the molecule is COc1cc2c(Nc3ccc(/C=C/C(=O)NC4CCCC4)cc3)ncnc2cc1OCC(F)(F)F. The van der Waals surface area contributed by atoms with Crippen LogP contribution in [0.5, 0.6) is 11.5 Å². The number of hydrogen-bond donors (Lipinski definition) is 2. The lowest BCUT2D eigenvalue weighted by Gasteiger charge is -2.14. The first-order valence-corrected chi connectivity index (χ1v) is 11.2. The van der Waals surface area contributed by atoms with Crippen molar-refractivity contribution in [1.29, 1.82) is 0 Å². The van der Waals surface area contributed by atoms with Gasteiger partial charge in [0.05, 0.1) is 12.6 Å². The number of fused-ring (bicyclic) bond motifs is 1. The van der Waals surface area contributed by atoms with Gasteiger partial charge < -0.3 is 20.1 Å². The van der Waals surface area contributed by atoms with Gasteiger partial charge in [0, 0.05) is 29.3 Å². The van der Waals surface area contributed by atoms with Crippen LogP contribution in [0.1, 0.15) is 31.2 Å².